The van der Waals surface area contributed by atoms with Gasteiger partial charge in [0.1, 0.15) is 12.1 Å². The van der Waals surface area contributed by atoms with E-state index in [1.54, 1.807) is 11.7 Å². The molecule has 0 aliphatic heterocycles. The van der Waals surface area contributed by atoms with Crippen molar-refractivity contribution in [1.29, 1.82) is 0 Å². The molecule has 18 heavy (non-hydrogen) atoms. The average molecular weight is 247 g/mol. The van der Waals surface area contributed by atoms with E-state index >= 15 is 0 Å². The number of aliphatic carboxylic acids is 1. The summed E-state index contributed by atoms with van der Waals surface area (Å²) in [6, 6.07) is 7.37. The highest BCUT2D eigenvalue weighted by Gasteiger charge is 2.08. The first-order valence-electron chi connectivity index (χ1n) is 5.44. The number of hydrogen-bond acceptors (Lipinski definition) is 4. The monoisotopic (exact) mass is 247 g/mol. The molecule has 2 rings (SSSR count). The van der Waals surface area contributed by atoms with Gasteiger partial charge in [0.05, 0.1) is 13.5 Å². The van der Waals surface area contributed by atoms with Crippen molar-refractivity contribution in [2.75, 3.05) is 7.11 Å². The van der Waals surface area contributed by atoms with E-state index in [9.17, 15) is 4.79 Å². The van der Waals surface area contributed by atoms with E-state index in [0.717, 1.165) is 11.3 Å². The van der Waals surface area contributed by atoms with Gasteiger partial charge < -0.3 is 14.4 Å². The number of ether oxygens (including phenoxy) is 1. The van der Waals surface area contributed by atoms with Crippen LogP contribution in [0.5, 0.6) is 5.75 Å². The molecule has 0 radical (unpaired) electrons. The van der Waals surface area contributed by atoms with Crippen LogP contribution in [0.3, 0.4) is 0 Å². The summed E-state index contributed by atoms with van der Waals surface area (Å²) < 4.78 is 6.79. The standard InChI is InChI=1S/C12H13N3O3/c1-18-10-4-2-9(3-5-10)12-14-13-8-15(12)7-6-11(16)17/h2-5,8H,6-7H2,1H3,(H,16,17). The van der Waals surface area contributed by atoms with Crippen molar-refractivity contribution < 1.29 is 14.6 Å². The zero-order chi connectivity index (χ0) is 13.0. The molecule has 0 aliphatic carbocycles. The summed E-state index contributed by atoms with van der Waals surface area (Å²) in [5, 5.41) is 16.5. The van der Waals surface area contributed by atoms with Crippen molar-refractivity contribution in [1.82, 2.24) is 14.8 Å². The van der Waals surface area contributed by atoms with Crippen LogP contribution < -0.4 is 4.74 Å². The first-order valence-corrected chi connectivity index (χ1v) is 5.44. The molecular formula is C12H13N3O3. The molecule has 0 atom stereocenters. The Hall–Kier alpha value is -2.37. The van der Waals surface area contributed by atoms with Crippen molar-refractivity contribution >= 4 is 5.97 Å². The number of methoxy groups -OCH3 is 1. The number of aryl methyl sites for hydroxylation is 1. The lowest BCUT2D eigenvalue weighted by atomic mass is 10.2. The van der Waals surface area contributed by atoms with Crippen LogP contribution in [0.1, 0.15) is 6.42 Å². The summed E-state index contributed by atoms with van der Waals surface area (Å²) in [6.45, 7) is 0.351. The first-order chi connectivity index (χ1) is 8.70. The summed E-state index contributed by atoms with van der Waals surface area (Å²) >= 11 is 0. The largest absolute Gasteiger partial charge is 0.497 e. The van der Waals surface area contributed by atoms with E-state index in [0.29, 0.717) is 12.4 Å². The molecule has 1 heterocycles. The van der Waals surface area contributed by atoms with Crippen molar-refractivity contribution in [2.45, 2.75) is 13.0 Å². The average Bonchev–Trinajstić information content (AvgIpc) is 2.85. The van der Waals surface area contributed by atoms with E-state index in [4.69, 9.17) is 9.84 Å². The molecule has 0 fully saturated rings. The molecule has 0 saturated carbocycles. The number of aromatic nitrogens is 3. The van der Waals surface area contributed by atoms with E-state index in [2.05, 4.69) is 10.2 Å². The summed E-state index contributed by atoms with van der Waals surface area (Å²) in [5.74, 6) is 0.568. The highest BCUT2D eigenvalue weighted by Crippen LogP contribution is 2.20. The Morgan fingerprint density at radius 2 is 2.11 bits per heavy atom. The van der Waals surface area contributed by atoms with Gasteiger partial charge in [0, 0.05) is 12.1 Å². The lowest BCUT2D eigenvalue weighted by molar-refractivity contribution is -0.137. The maximum Gasteiger partial charge on any atom is 0.305 e. The molecule has 94 valence electrons. The fraction of sp³-hybridized carbons (Fsp3) is 0.250. The predicted octanol–water partition coefficient (Wildman–Crippen LogP) is 1.43. The zero-order valence-electron chi connectivity index (χ0n) is 9.91. The second kappa shape index (κ2) is 5.31. The zero-order valence-corrected chi connectivity index (χ0v) is 9.91. The number of rotatable bonds is 5. The minimum atomic E-state index is -0.843. The predicted molar refractivity (Wildman–Crippen MR) is 64.3 cm³/mol. The Balaban J connectivity index is 2.21. The van der Waals surface area contributed by atoms with Crippen molar-refractivity contribution in [3.8, 4) is 17.1 Å². The number of nitrogens with zero attached hydrogens (tertiary/aromatic N) is 3. The summed E-state index contributed by atoms with van der Waals surface area (Å²) in [6.07, 6.45) is 1.57. The Bertz CT molecular complexity index is 534. The third-order valence-corrected chi connectivity index (χ3v) is 2.53. The second-order valence-corrected chi connectivity index (χ2v) is 3.72. The minimum Gasteiger partial charge on any atom is -0.497 e. The van der Waals surface area contributed by atoms with E-state index in [1.807, 2.05) is 24.3 Å². The van der Waals surface area contributed by atoms with Gasteiger partial charge >= 0.3 is 5.97 Å². The van der Waals surface area contributed by atoms with Gasteiger partial charge in [-0.05, 0) is 24.3 Å². The highest BCUT2D eigenvalue weighted by molar-refractivity contribution is 5.66. The van der Waals surface area contributed by atoms with E-state index in [1.165, 1.54) is 6.33 Å². The van der Waals surface area contributed by atoms with Gasteiger partial charge in [0.2, 0.25) is 0 Å². The fourth-order valence-corrected chi connectivity index (χ4v) is 1.60. The third-order valence-electron chi connectivity index (χ3n) is 2.53. The molecule has 0 saturated heterocycles. The van der Waals surface area contributed by atoms with Crippen molar-refractivity contribution in [3.05, 3.63) is 30.6 Å². The number of carboxylic acids is 1. The van der Waals surface area contributed by atoms with Crippen LogP contribution in [0.15, 0.2) is 30.6 Å². The Kier molecular flexibility index (Phi) is 3.57. The maximum absolute atomic E-state index is 10.6. The van der Waals surface area contributed by atoms with Crippen LogP contribution in [0.25, 0.3) is 11.4 Å². The summed E-state index contributed by atoms with van der Waals surface area (Å²) in [7, 11) is 1.60. The summed E-state index contributed by atoms with van der Waals surface area (Å²) in [4.78, 5) is 10.6. The lowest BCUT2D eigenvalue weighted by Gasteiger charge is -2.05. The second-order valence-electron chi connectivity index (χ2n) is 3.72. The number of carboxylic acid groups (broad SMARTS) is 1. The molecule has 0 aliphatic rings. The topological polar surface area (TPSA) is 77.2 Å². The van der Waals surface area contributed by atoms with Crippen LogP contribution in [-0.4, -0.2) is 33.0 Å². The van der Waals surface area contributed by atoms with Crippen LogP contribution in [-0.2, 0) is 11.3 Å². The Labute approximate surface area is 104 Å². The number of carbonyl (C=O) groups is 1. The molecule has 6 nitrogen and oxygen atoms in total. The SMILES string of the molecule is COc1ccc(-c2nncn2CCC(=O)O)cc1. The van der Waals surface area contributed by atoms with Crippen molar-refractivity contribution in [3.63, 3.8) is 0 Å². The molecule has 0 amide bonds. The lowest BCUT2D eigenvalue weighted by Crippen LogP contribution is -2.05. The quantitative estimate of drug-likeness (QED) is 0.864. The van der Waals surface area contributed by atoms with Gasteiger partial charge in [-0.15, -0.1) is 10.2 Å². The number of hydrogen-bond donors (Lipinski definition) is 1. The molecule has 0 unspecified atom stereocenters. The molecular weight excluding hydrogens is 234 g/mol. The van der Waals surface area contributed by atoms with Gasteiger partial charge in [-0.1, -0.05) is 0 Å². The first kappa shape index (κ1) is 12.1. The fourth-order valence-electron chi connectivity index (χ4n) is 1.60. The summed E-state index contributed by atoms with van der Waals surface area (Å²) in [5.41, 5.74) is 0.874. The highest BCUT2D eigenvalue weighted by atomic mass is 16.5. The van der Waals surface area contributed by atoms with Gasteiger partial charge in [-0.3, -0.25) is 4.79 Å². The third kappa shape index (κ3) is 2.65. The molecule has 6 heteroatoms. The van der Waals surface area contributed by atoms with Gasteiger partial charge in [-0.2, -0.15) is 0 Å². The van der Waals surface area contributed by atoms with Gasteiger partial charge in [-0.25, -0.2) is 0 Å². The van der Waals surface area contributed by atoms with Crippen molar-refractivity contribution in [2.24, 2.45) is 0 Å². The number of benzene rings is 1. The normalized spacial score (nSPS) is 10.3. The smallest absolute Gasteiger partial charge is 0.305 e. The Morgan fingerprint density at radius 3 is 2.72 bits per heavy atom. The van der Waals surface area contributed by atoms with Crippen LogP contribution in [0, 0.1) is 0 Å². The van der Waals surface area contributed by atoms with Gasteiger partial charge in [0.15, 0.2) is 5.82 Å². The minimum absolute atomic E-state index is 0.0429. The molecule has 1 aromatic carbocycles. The molecule has 0 spiro atoms. The van der Waals surface area contributed by atoms with E-state index < -0.39 is 5.97 Å². The van der Waals surface area contributed by atoms with Gasteiger partial charge in [0.25, 0.3) is 0 Å². The molecule has 2 aromatic rings. The van der Waals surface area contributed by atoms with Crippen LogP contribution >= 0.6 is 0 Å². The van der Waals surface area contributed by atoms with E-state index in [-0.39, 0.29) is 6.42 Å². The van der Waals surface area contributed by atoms with Crippen LogP contribution in [0.4, 0.5) is 0 Å². The Morgan fingerprint density at radius 1 is 1.39 bits per heavy atom. The molecule has 1 aromatic heterocycles. The molecule has 0 bridgehead atoms. The molecule has 1 N–H and O–H groups in total. The maximum atomic E-state index is 10.6. The van der Waals surface area contributed by atoms with Crippen LogP contribution in [0.2, 0.25) is 0 Å².